The summed E-state index contributed by atoms with van der Waals surface area (Å²) in [6.45, 7) is 2.05. The van der Waals surface area contributed by atoms with Crippen LogP contribution in [-0.2, 0) is 23.8 Å². The van der Waals surface area contributed by atoms with Crippen molar-refractivity contribution in [3.63, 3.8) is 0 Å². The maximum atomic E-state index is 12.5. The zero-order chi connectivity index (χ0) is 23.8. The molecule has 33 heavy (non-hydrogen) atoms. The van der Waals surface area contributed by atoms with Gasteiger partial charge in [-0.1, -0.05) is 17.8 Å². The second-order valence-corrected chi connectivity index (χ2v) is 7.61. The van der Waals surface area contributed by atoms with E-state index in [1.807, 2.05) is 12.1 Å². The molecule has 2 heterocycles. The van der Waals surface area contributed by atoms with Gasteiger partial charge in [0.1, 0.15) is 10.7 Å². The van der Waals surface area contributed by atoms with Gasteiger partial charge in [-0.05, 0) is 55.5 Å². The summed E-state index contributed by atoms with van der Waals surface area (Å²) in [5.41, 5.74) is 1.18. The van der Waals surface area contributed by atoms with Crippen LogP contribution in [0.3, 0.4) is 0 Å². The first kappa shape index (κ1) is 23.8. The normalized spacial score (nSPS) is 12.9. The maximum absolute atomic E-state index is 12.5. The number of pyridine rings is 1. The van der Waals surface area contributed by atoms with Gasteiger partial charge in [0, 0.05) is 23.0 Å². The van der Waals surface area contributed by atoms with E-state index in [1.54, 1.807) is 60.6 Å². The third-order valence-electron chi connectivity index (χ3n) is 4.47. The molecule has 0 unspecified atom stereocenters. The monoisotopic (exact) mass is 466 g/mol. The number of nitrogens with zero attached hydrogens (tertiary/aromatic N) is 2. The van der Waals surface area contributed by atoms with Crippen molar-refractivity contribution < 1.29 is 28.6 Å². The summed E-state index contributed by atoms with van der Waals surface area (Å²) in [4.78, 5) is 43.5. The molecule has 0 amide bonds. The van der Waals surface area contributed by atoms with Gasteiger partial charge in [0.15, 0.2) is 0 Å². The molecule has 0 saturated carbocycles. The SMILES string of the molecule is CCOC(=O)c1ccnc(Sc2ccc(N3C=CC=CC(C(=O)OC)=C3C(=O)OC)cc2)c1. The minimum absolute atomic E-state index is 0.0403. The first-order valence-corrected chi connectivity index (χ1v) is 10.8. The van der Waals surface area contributed by atoms with Crippen molar-refractivity contribution in [2.45, 2.75) is 16.8 Å². The second-order valence-electron chi connectivity index (χ2n) is 6.52. The predicted molar refractivity (Wildman–Crippen MR) is 123 cm³/mol. The van der Waals surface area contributed by atoms with Crippen LogP contribution >= 0.6 is 11.8 Å². The number of allylic oxidation sites excluding steroid dienone is 2. The number of hydrogen-bond donors (Lipinski definition) is 0. The number of methoxy groups -OCH3 is 2. The number of esters is 3. The van der Waals surface area contributed by atoms with Gasteiger partial charge in [0.2, 0.25) is 0 Å². The number of benzene rings is 1. The minimum Gasteiger partial charge on any atom is -0.465 e. The molecule has 0 aliphatic carbocycles. The Labute approximate surface area is 195 Å². The molecule has 9 heteroatoms. The fourth-order valence-electron chi connectivity index (χ4n) is 2.97. The Hall–Kier alpha value is -3.85. The predicted octanol–water partition coefficient (Wildman–Crippen LogP) is 3.90. The number of carbonyl (C=O) groups is 3. The smallest absolute Gasteiger partial charge is 0.355 e. The Morgan fingerprint density at radius 1 is 0.970 bits per heavy atom. The Bertz CT molecular complexity index is 1140. The van der Waals surface area contributed by atoms with E-state index < -0.39 is 17.9 Å². The van der Waals surface area contributed by atoms with E-state index in [9.17, 15) is 14.4 Å². The van der Waals surface area contributed by atoms with Crippen LogP contribution in [0.5, 0.6) is 0 Å². The first-order valence-electron chi connectivity index (χ1n) is 9.94. The largest absolute Gasteiger partial charge is 0.465 e. The second kappa shape index (κ2) is 11.1. The molecule has 1 aliphatic heterocycles. The van der Waals surface area contributed by atoms with Crippen molar-refractivity contribution in [1.82, 2.24) is 4.98 Å². The van der Waals surface area contributed by atoms with E-state index in [4.69, 9.17) is 14.2 Å². The lowest BCUT2D eigenvalue weighted by molar-refractivity contribution is -0.139. The van der Waals surface area contributed by atoms with E-state index in [0.717, 1.165) is 4.90 Å². The fourth-order valence-corrected chi connectivity index (χ4v) is 3.78. The highest BCUT2D eigenvalue weighted by molar-refractivity contribution is 7.99. The molecule has 0 radical (unpaired) electrons. The number of aromatic nitrogens is 1. The van der Waals surface area contributed by atoms with Gasteiger partial charge in [-0.15, -0.1) is 0 Å². The zero-order valence-electron chi connectivity index (χ0n) is 18.3. The van der Waals surface area contributed by atoms with Crippen LogP contribution in [-0.4, -0.2) is 43.7 Å². The van der Waals surface area contributed by atoms with Crippen LogP contribution in [0.15, 0.2) is 88.2 Å². The van der Waals surface area contributed by atoms with Crippen LogP contribution in [0.25, 0.3) is 0 Å². The molecule has 0 N–H and O–H groups in total. The van der Waals surface area contributed by atoms with E-state index >= 15 is 0 Å². The van der Waals surface area contributed by atoms with Crippen molar-refractivity contribution in [1.29, 1.82) is 0 Å². The quantitative estimate of drug-likeness (QED) is 0.445. The average Bonchev–Trinajstić information content (AvgIpc) is 3.07. The summed E-state index contributed by atoms with van der Waals surface area (Å²) in [5.74, 6) is -1.73. The van der Waals surface area contributed by atoms with Crippen LogP contribution in [0.2, 0.25) is 0 Å². The van der Waals surface area contributed by atoms with Crippen LogP contribution in [0.1, 0.15) is 17.3 Å². The minimum atomic E-state index is -0.676. The van der Waals surface area contributed by atoms with Gasteiger partial charge in [-0.3, -0.25) is 0 Å². The first-order chi connectivity index (χ1) is 16.0. The van der Waals surface area contributed by atoms with Gasteiger partial charge in [0.25, 0.3) is 0 Å². The number of anilines is 1. The lowest BCUT2D eigenvalue weighted by Gasteiger charge is -2.23. The van der Waals surface area contributed by atoms with E-state index in [2.05, 4.69) is 4.98 Å². The Morgan fingerprint density at radius 2 is 1.70 bits per heavy atom. The van der Waals surface area contributed by atoms with Gasteiger partial charge in [-0.2, -0.15) is 0 Å². The van der Waals surface area contributed by atoms with Crippen molar-refractivity contribution >= 4 is 35.4 Å². The summed E-state index contributed by atoms with van der Waals surface area (Å²) in [5, 5.41) is 0.635. The van der Waals surface area contributed by atoms with Crippen molar-refractivity contribution in [2.75, 3.05) is 25.7 Å². The van der Waals surface area contributed by atoms with Crippen LogP contribution < -0.4 is 4.90 Å². The van der Waals surface area contributed by atoms with Gasteiger partial charge in [0.05, 0.1) is 32.0 Å². The van der Waals surface area contributed by atoms with E-state index in [-0.39, 0.29) is 11.3 Å². The molecule has 2 aromatic rings. The van der Waals surface area contributed by atoms with Crippen molar-refractivity contribution in [3.8, 4) is 0 Å². The number of carbonyl (C=O) groups excluding carboxylic acids is 3. The van der Waals surface area contributed by atoms with Crippen LogP contribution in [0, 0.1) is 0 Å². The molecule has 0 saturated heterocycles. The highest BCUT2D eigenvalue weighted by Gasteiger charge is 2.27. The number of rotatable bonds is 7. The van der Waals surface area contributed by atoms with Gasteiger partial charge < -0.3 is 19.1 Å². The molecule has 1 aromatic heterocycles. The Morgan fingerprint density at radius 3 is 2.36 bits per heavy atom. The third-order valence-corrected chi connectivity index (χ3v) is 5.41. The third kappa shape index (κ3) is 5.69. The molecule has 0 atom stereocenters. The molecule has 3 rings (SSSR count). The topological polar surface area (TPSA) is 95.0 Å². The summed E-state index contributed by atoms with van der Waals surface area (Å²) in [7, 11) is 2.50. The Kier molecular flexibility index (Phi) is 8.04. The van der Waals surface area contributed by atoms with E-state index in [1.165, 1.54) is 32.1 Å². The Balaban J connectivity index is 1.88. The highest BCUT2D eigenvalue weighted by atomic mass is 32.2. The van der Waals surface area contributed by atoms with E-state index in [0.29, 0.717) is 22.9 Å². The summed E-state index contributed by atoms with van der Waals surface area (Å²) >= 11 is 1.37. The molecule has 170 valence electrons. The molecular weight excluding hydrogens is 444 g/mol. The summed E-state index contributed by atoms with van der Waals surface area (Å²) in [6, 6.07) is 10.6. The number of ether oxygens (including phenoxy) is 3. The molecule has 8 nitrogen and oxygen atoms in total. The average molecular weight is 467 g/mol. The highest BCUT2D eigenvalue weighted by Crippen LogP contribution is 2.31. The fraction of sp³-hybridized carbons (Fsp3) is 0.167. The van der Waals surface area contributed by atoms with Gasteiger partial charge in [-0.25, -0.2) is 19.4 Å². The van der Waals surface area contributed by atoms with Crippen LogP contribution in [0.4, 0.5) is 5.69 Å². The van der Waals surface area contributed by atoms with Gasteiger partial charge >= 0.3 is 17.9 Å². The zero-order valence-corrected chi connectivity index (χ0v) is 19.1. The van der Waals surface area contributed by atoms with Crippen molar-refractivity contribution in [2.24, 2.45) is 0 Å². The summed E-state index contributed by atoms with van der Waals surface area (Å²) in [6.07, 6.45) is 8.06. The molecule has 0 fully saturated rings. The standard InChI is InChI=1S/C24H22N2O6S/c1-4-32-22(27)16-12-13-25-20(15-16)33-18-10-8-17(9-11-18)26-14-6-5-7-19(23(28)30-2)21(26)24(29)31-3/h5-15H,4H2,1-3H3. The number of hydrogen-bond acceptors (Lipinski definition) is 9. The lowest BCUT2D eigenvalue weighted by Crippen LogP contribution is -2.26. The summed E-state index contributed by atoms with van der Waals surface area (Å²) < 4.78 is 14.8. The molecule has 0 spiro atoms. The molecule has 1 aliphatic rings. The molecule has 0 bridgehead atoms. The van der Waals surface area contributed by atoms with Crippen molar-refractivity contribution in [3.05, 3.63) is 83.9 Å². The lowest BCUT2D eigenvalue weighted by atomic mass is 10.1. The maximum Gasteiger partial charge on any atom is 0.355 e. The molecule has 1 aromatic carbocycles. The molecular formula is C24H22N2O6S.